The second-order valence-corrected chi connectivity index (χ2v) is 8.69. The van der Waals surface area contributed by atoms with Crippen LogP contribution in [0.4, 0.5) is 5.69 Å². The van der Waals surface area contributed by atoms with E-state index in [0.29, 0.717) is 36.9 Å². The fourth-order valence-electron chi connectivity index (χ4n) is 2.96. The molecule has 0 aliphatic carbocycles. The predicted octanol–water partition coefficient (Wildman–Crippen LogP) is 3.42. The lowest BCUT2D eigenvalue weighted by molar-refractivity contribution is -0.387. The van der Waals surface area contributed by atoms with Crippen LogP contribution in [0.3, 0.4) is 0 Å². The topological polar surface area (TPSA) is 108 Å². The minimum Gasteiger partial charge on any atom is -0.490 e. The Kier molecular flexibility index (Phi) is 7.31. The highest BCUT2D eigenvalue weighted by Gasteiger charge is 2.30. The molecule has 0 radical (unpaired) electrons. The van der Waals surface area contributed by atoms with Crippen molar-refractivity contribution < 1.29 is 27.0 Å². The van der Waals surface area contributed by atoms with Crippen molar-refractivity contribution in [1.29, 1.82) is 0 Å². The van der Waals surface area contributed by atoms with E-state index < -0.39 is 25.6 Å². The Bertz CT molecular complexity index is 1100. The van der Waals surface area contributed by atoms with Gasteiger partial charge in [0.2, 0.25) is 5.75 Å². The number of thiocarbonyl (C=S) groups is 1. The van der Waals surface area contributed by atoms with E-state index in [4.69, 9.17) is 37.5 Å². The van der Waals surface area contributed by atoms with Crippen LogP contribution in [0.15, 0.2) is 41.3 Å². The standard InChI is InChI=1S/C19H19ClN2O7S2/c1-2-28-16-12-13(19(30)21-7-9-27-10-8-21)11-14(20)18(16)29-31(25,26)17-6-4-3-5-15(17)22(23)24/h3-6,11-12H,2,7-10H2,1H3. The number of halogens is 1. The zero-order valence-corrected chi connectivity index (χ0v) is 18.8. The molecule has 0 aromatic heterocycles. The minimum absolute atomic E-state index is 0.0567. The molecule has 1 aliphatic rings. The van der Waals surface area contributed by atoms with E-state index in [-0.39, 0.29) is 23.1 Å². The third kappa shape index (κ3) is 5.24. The molecule has 0 bridgehead atoms. The largest absolute Gasteiger partial charge is 0.490 e. The van der Waals surface area contributed by atoms with Gasteiger partial charge in [0.1, 0.15) is 4.99 Å². The molecule has 9 nitrogen and oxygen atoms in total. The average molecular weight is 487 g/mol. The van der Waals surface area contributed by atoms with E-state index in [1.807, 2.05) is 4.90 Å². The summed E-state index contributed by atoms with van der Waals surface area (Å²) in [4.78, 5) is 12.3. The molecule has 1 fully saturated rings. The summed E-state index contributed by atoms with van der Waals surface area (Å²) in [6, 6.07) is 7.90. The van der Waals surface area contributed by atoms with Gasteiger partial charge in [0, 0.05) is 24.7 Å². The molecule has 3 rings (SSSR count). The summed E-state index contributed by atoms with van der Waals surface area (Å²) in [5.74, 6) is -0.210. The highest BCUT2D eigenvalue weighted by Crippen LogP contribution is 2.39. The lowest BCUT2D eigenvalue weighted by Crippen LogP contribution is -2.40. The monoisotopic (exact) mass is 486 g/mol. The molecule has 0 amide bonds. The fourth-order valence-corrected chi connectivity index (χ4v) is 4.68. The molecule has 0 unspecified atom stereocenters. The first-order valence-corrected chi connectivity index (χ1v) is 11.4. The van der Waals surface area contributed by atoms with Crippen molar-refractivity contribution in [2.75, 3.05) is 32.9 Å². The van der Waals surface area contributed by atoms with Crippen LogP contribution in [0.25, 0.3) is 0 Å². The first kappa shape index (κ1) is 23.2. The lowest BCUT2D eigenvalue weighted by Gasteiger charge is -2.29. The van der Waals surface area contributed by atoms with Crippen molar-refractivity contribution in [3.8, 4) is 11.5 Å². The van der Waals surface area contributed by atoms with Gasteiger partial charge in [-0.05, 0) is 25.1 Å². The summed E-state index contributed by atoms with van der Waals surface area (Å²) >= 11 is 11.9. The first-order valence-electron chi connectivity index (χ1n) is 9.26. The Hall–Kier alpha value is -2.47. The summed E-state index contributed by atoms with van der Waals surface area (Å²) < 4.78 is 41.7. The van der Waals surface area contributed by atoms with Gasteiger partial charge in [0.05, 0.1) is 29.8 Å². The second-order valence-electron chi connectivity index (χ2n) is 6.39. The normalized spacial score (nSPS) is 14.2. The summed E-state index contributed by atoms with van der Waals surface area (Å²) in [7, 11) is -4.57. The fraction of sp³-hybridized carbons (Fsp3) is 0.316. The summed E-state index contributed by atoms with van der Waals surface area (Å²) in [5, 5.41) is 11.2. The number of hydrogen-bond acceptors (Lipinski definition) is 8. The Morgan fingerprint density at radius 2 is 1.97 bits per heavy atom. The lowest BCUT2D eigenvalue weighted by atomic mass is 10.1. The van der Waals surface area contributed by atoms with Crippen LogP contribution in [0, 0.1) is 10.1 Å². The van der Waals surface area contributed by atoms with Gasteiger partial charge in [-0.1, -0.05) is 36.0 Å². The number of hydrogen-bond donors (Lipinski definition) is 0. The van der Waals surface area contributed by atoms with Gasteiger partial charge in [-0.3, -0.25) is 10.1 Å². The van der Waals surface area contributed by atoms with Crippen LogP contribution in [0.2, 0.25) is 5.02 Å². The van der Waals surface area contributed by atoms with Gasteiger partial charge in [-0.25, -0.2) is 0 Å². The maximum Gasteiger partial charge on any atom is 0.346 e. The molecule has 1 heterocycles. The van der Waals surface area contributed by atoms with Crippen LogP contribution < -0.4 is 8.92 Å². The van der Waals surface area contributed by atoms with E-state index in [0.717, 1.165) is 12.1 Å². The number of para-hydroxylation sites is 1. The quantitative estimate of drug-likeness (QED) is 0.251. The number of nitro benzene ring substituents is 1. The van der Waals surface area contributed by atoms with E-state index >= 15 is 0 Å². The average Bonchev–Trinajstić information content (AvgIpc) is 2.76. The number of rotatable bonds is 7. The number of ether oxygens (including phenoxy) is 2. The summed E-state index contributed by atoms with van der Waals surface area (Å²) in [6.45, 7) is 4.23. The highest BCUT2D eigenvalue weighted by molar-refractivity contribution is 7.87. The molecule has 0 saturated carbocycles. The van der Waals surface area contributed by atoms with Crippen molar-refractivity contribution in [1.82, 2.24) is 4.90 Å². The molecule has 0 spiro atoms. The molecule has 2 aromatic rings. The minimum atomic E-state index is -4.57. The molecular weight excluding hydrogens is 468 g/mol. The number of morpholine rings is 1. The van der Waals surface area contributed by atoms with E-state index in [1.165, 1.54) is 24.3 Å². The van der Waals surface area contributed by atoms with Crippen LogP contribution in [0.5, 0.6) is 11.5 Å². The molecule has 1 saturated heterocycles. The van der Waals surface area contributed by atoms with Crippen LogP contribution in [-0.2, 0) is 14.9 Å². The van der Waals surface area contributed by atoms with Gasteiger partial charge in [0.15, 0.2) is 10.6 Å². The molecule has 2 aromatic carbocycles. The SMILES string of the molecule is CCOc1cc(C(=S)N2CCOCC2)cc(Cl)c1OS(=O)(=O)c1ccccc1[N+](=O)[O-]. The highest BCUT2D eigenvalue weighted by atomic mass is 35.5. The second kappa shape index (κ2) is 9.77. The zero-order chi connectivity index (χ0) is 22.6. The van der Waals surface area contributed by atoms with E-state index in [9.17, 15) is 18.5 Å². The van der Waals surface area contributed by atoms with Crippen molar-refractivity contribution >= 4 is 44.6 Å². The number of nitrogens with zero attached hydrogens (tertiary/aromatic N) is 2. The summed E-state index contributed by atoms with van der Waals surface area (Å²) in [5.41, 5.74) is -0.0533. The van der Waals surface area contributed by atoms with Crippen LogP contribution >= 0.6 is 23.8 Å². The van der Waals surface area contributed by atoms with E-state index in [1.54, 1.807) is 6.92 Å². The molecule has 0 atom stereocenters. The Labute approximate surface area is 189 Å². The maximum absolute atomic E-state index is 12.8. The smallest absolute Gasteiger partial charge is 0.346 e. The Balaban J connectivity index is 1.99. The van der Waals surface area contributed by atoms with Crippen molar-refractivity contribution in [2.24, 2.45) is 0 Å². The third-order valence-corrected chi connectivity index (χ3v) is 6.42. The molecule has 12 heteroatoms. The van der Waals surface area contributed by atoms with Gasteiger partial charge >= 0.3 is 10.1 Å². The number of nitro groups is 1. The van der Waals surface area contributed by atoms with Crippen molar-refractivity contribution in [3.05, 3.63) is 57.1 Å². The Morgan fingerprint density at radius 3 is 2.61 bits per heavy atom. The van der Waals surface area contributed by atoms with Gasteiger partial charge < -0.3 is 18.6 Å². The first-order chi connectivity index (χ1) is 14.7. The predicted molar refractivity (Wildman–Crippen MR) is 118 cm³/mol. The van der Waals surface area contributed by atoms with Gasteiger partial charge in [-0.15, -0.1) is 0 Å². The van der Waals surface area contributed by atoms with E-state index in [2.05, 4.69) is 0 Å². The van der Waals surface area contributed by atoms with Crippen molar-refractivity contribution in [2.45, 2.75) is 11.8 Å². The Morgan fingerprint density at radius 1 is 1.29 bits per heavy atom. The molecule has 0 N–H and O–H groups in total. The van der Waals surface area contributed by atoms with Crippen LogP contribution in [-0.4, -0.2) is 56.1 Å². The molecule has 31 heavy (non-hydrogen) atoms. The van der Waals surface area contributed by atoms with Crippen molar-refractivity contribution in [3.63, 3.8) is 0 Å². The number of benzene rings is 2. The zero-order valence-electron chi connectivity index (χ0n) is 16.4. The summed E-state index contributed by atoms with van der Waals surface area (Å²) in [6.07, 6.45) is 0. The molecule has 166 valence electrons. The van der Waals surface area contributed by atoms with Gasteiger partial charge in [-0.2, -0.15) is 8.42 Å². The van der Waals surface area contributed by atoms with Crippen LogP contribution in [0.1, 0.15) is 12.5 Å². The van der Waals surface area contributed by atoms with Gasteiger partial charge in [0.25, 0.3) is 5.69 Å². The third-order valence-electron chi connectivity index (χ3n) is 4.38. The molecular formula is C19H19ClN2O7S2. The molecule has 1 aliphatic heterocycles. The maximum atomic E-state index is 12.8.